The third-order valence-electron chi connectivity index (χ3n) is 3.13. The normalized spacial score (nSPS) is 14.3. The summed E-state index contributed by atoms with van der Waals surface area (Å²) in [6.45, 7) is 1.13. The highest BCUT2D eigenvalue weighted by molar-refractivity contribution is 9.09. The molecule has 0 spiro atoms. The molecule has 2 N–H and O–H groups in total. The fraction of sp³-hybridized carbons (Fsp3) is 0.333. The molecule has 2 rings (SSSR count). The van der Waals surface area contributed by atoms with Crippen molar-refractivity contribution in [2.45, 2.75) is 19.8 Å². The van der Waals surface area contributed by atoms with Crippen LogP contribution in [0.4, 0.5) is 5.88 Å². The first-order valence-electron chi connectivity index (χ1n) is 7.26. The molecule has 0 atom stereocenters. The highest BCUT2D eigenvalue weighted by Crippen LogP contribution is 2.45. The molecule has 10 heteroatoms. The molecule has 1 aliphatic rings. The topological polar surface area (TPSA) is 106 Å². The van der Waals surface area contributed by atoms with Crippen molar-refractivity contribution in [3.05, 3.63) is 24.0 Å². The quantitative estimate of drug-likeness (QED) is 0.374. The number of alkyl halides is 1. The van der Waals surface area contributed by atoms with Gasteiger partial charge in [0.05, 0.1) is 5.75 Å². The molecule has 1 aliphatic carbocycles. The number of hydrogen-bond donors (Lipinski definition) is 2. The summed E-state index contributed by atoms with van der Waals surface area (Å²) in [4.78, 5) is 11.8. The van der Waals surface area contributed by atoms with Crippen molar-refractivity contribution in [3.8, 4) is 11.5 Å². The second kappa shape index (κ2) is 8.15. The molecular formula is C15H16BrNO6S2. The molecule has 0 aliphatic heterocycles. The third-order valence-corrected chi connectivity index (χ3v) is 5.40. The minimum Gasteiger partial charge on any atom is -0.502 e. The molecule has 0 amide bonds. The molecule has 0 unspecified atom stereocenters. The summed E-state index contributed by atoms with van der Waals surface area (Å²) in [5.41, 5.74) is 0.425. The van der Waals surface area contributed by atoms with Crippen LogP contribution in [0.3, 0.4) is 0 Å². The number of hydrogen-bond acceptors (Lipinski definition) is 7. The van der Waals surface area contributed by atoms with E-state index in [1.807, 2.05) is 6.08 Å². The van der Waals surface area contributed by atoms with Crippen LogP contribution in [0.25, 0.3) is 5.57 Å². The van der Waals surface area contributed by atoms with E-state index in [1.165, 1.54) is 0 Å². The van der Waals surface area contributed by atoms with E-state index in [9.17, 15) is 18.3 Å². The number of rotatable bonds is 7. The Morgan fingerprint density at radius 2 is 2.24 bits per heavy atom. The predicted molar refractivity (Wildman–Crippen MR) is 102 cm³/mol. The second-order valence-corrected chi connectivity index (χ2v) is 8.26. The number of nitrogens with one attached hydrogen (secondary N) is 1. The lowest BCUT2D eigenvalue weighted by molar-refractivity contribution is -0.131. The summed E-state index contributed by atoms with van der Waals surface area (Å²) < 4.78 is 36.8. The smallest absolute Gasteiger partial charge is 0.308 e. The lowest BCUT2D eigenvalue weighted by Crippen LogP contribution is -2.17. The van der Waals surface area contributed by atoms with E-state index in [0.29, 0.717) is 28.6 Å². The van der Waals surface area contributed by atoms with Gasteiger partial charge in [0, 0.05) is 29.1 Å². The van der Waals surface area contributed by atoms with Crippen molar-refractivity contribution >= 4 is 60.5 Å². The maximum atomic E-state index is 12.1. The molecule has 0 bridgehead atoms. The van der Waals surface area contributed by atoms with Crippen molar-refractivity contribution < 1.29 is 27.5 Å². The Kier molecular flexibility index (Phi) is 6.42. The molecule has 0 aromatic carbocycles. The largest absolute Gasteiger partial charge is 0.502 e. The summed E-state index contributed by atoms with van der Waals surface area (Å²) in [6, 6.07) is 0. The molecule has 0 radical (unpaired) electrons. The number of aromatic hydroxyl groups is 1. The lowest BCUT2D eigenvalue weighted by Gasteiger charge is -2.08. The van der Waals surface area contributed by atoms with Crippen LogP contribution >= 0.6 is 28.1 Å². The molecule has 1 aromatic rings. The first-order chi connectivity index (χ1) is 11.7. The first kappa shape index (κ1) is 19.7. The Hall–Kier alpha value is -1.65. The van der Waals surface area contributed by atoms with Gasteiger partial charge in [0.15, 0.2) is 5.76 Å². The van der Waals surface area contributed by atoms with E-state index in [0.717, 1.165) is 6.92 Å². The van der Waals surface area contributed by atoms with Crippen LogP contribution in [0.1, 0.15) is 25.5 Å². The number of allylic oxidation sites excluding steroid dienone is 4. The standard InChI is InChI=1S/C15H16BrNO6S2/c1-9(18)22-14-12(19)13(10-5-2-3-6-11(10)24)23-15(14)17-25(20,21)8-4-7-16/h2-3,5,17,19H,4,6-8H2,1H3. The van der Waals surface area contributed by atoms with Crippen LogP contribution in [0.5, 0.6) is 11.5 Å². The molecule has 1 aromatic heterocycles. The summed E-state index contributed by atoms with van der Waals surface area (Å²) in [5, 5.41) is 10.9. The Morgan fingerprint density at radius 1 is 1.52 bits per heavy atom. The number of thiocarbonyl (C=S) groups is 1. The Labute approximate surface area is 158 Å². The number of carbonyl (C=O) groups excluding carboxylic acids is 1. The van der Waals surface area contributed by atoms with Crippen LogP contribution in [0.15, 0.2) is 22.6 Å². The number of ether oxygens (including phenoxy) is 1. The van der Waals surface area contributed by atoms with Gasteiger partial charge in [-0.2, -0.15) is 0 Å². The summed E-state index contributed by atoms with van der Waals surface area (Å²) >= 11 is 8.39. The van der Waals surface area contributed by atoms with E-state index in [4.69, 9.17) is 21.4 Å². The molecule has 0 saturated carbocycles. The van der Waals surface area contributed by atoms with E-state index < -0.39 is 21.7 Å². The van der Waals surface area contributed by atoms with Crippen LogP contribution in [-0.4, -0.2) is 35.4 Å². The zero-order valence-electron chi connectivity index (χ0n) is 13.2. The first-order valence-corrected chi connectivity index (χ1v) is 10.4. The van der Waals surface area contributed by atoms with Crippen LogP contribution in [0, 0.1) is 0 Å². The van der Waals surface area contributed by atoms with Gasteiger partial charge in [0.25, 0.3) is 5.88 Å². The maximum Gasteiger partial charge on any atom is 0.308 e. The Bertz CT molecular complexity index is 854. The number of sulfonamides is 1. The SMILES string of the molecule is CC(=O)Oc1c(NS(=O)(=O)CCCBr)oc(C2=CC=CCC2=S)c1O. The molecular weight excluding hydrogens is 434 g/mol. The van der Waals surface area contributed by atoms with E-state index in [2.05, 4.69) is 20.7 Å². The number of esters is 1. The molecule has 7 nitrogen and oxygen atoms in total. The number of carbonyl (C=O) groups is 1. The monoisotopic (exact) mass is 449 g/mol. The van der Waals surface area contributed by atoms with Crippen molar-refractivity contribution in [2.75, 3.05) is 15.8 Å². The van der Waals surface area contributed by atoms with Gasteiger partial charge in [-0.25, -0.2) is 13.1 Å². The van der Waals surface area contributed by atoms with Gasteiger partial charge in [0.2, 0.25) is 21.5 Å². The van der Waals surface area contributed by atoms with Crippen molar-refractivity contribution in [2.24, 2.45) is 0 Å². The van der Waals surface area contributed by atoms with Gasteiger partial charge in [-0.1, -0.05) is 46.4 Å². The molecule has 0 saturated heterocycles. The van der Waals surface area contributed by atoms with Gasteiger partial charge >= 0.3 is 5.97 Å². The third kappa shape index (κ3) is 4.93. The van der Waals surface area contributed by atoms with E-state index >= 15 is 0 Å². The zero-order valence-corrected chi connectivity index (χ0v) is 16.5. The summed E-state index contributed by atoms with van der Waals surface area (Å²) in [5.74, 6) is -2.19. The highest BCUT2D eigenvalue weighted by atomic mass is 79.9. The van der Waals surface area contributed by atoms with Gasteiger partial charge < -0.3 is 14.3 Å². The average molecular weight is 450 g/mol. The maximum absolute atomic E-state index is 12.1. The fourth-order valence-corrected chi connectivity index (χ4v) is 4.03. The highest BCUT2D eigenvalue weighted by Gasteiger charge is 2.29. The molecule has 0 fully saturated rings. The zero-order chi connectivity index (χ0) is 18.6. The average Bonchev–Trinajstić information content (AvgIpc) is 2.82. The van der Waals surface area contributed by atoms with Crippen molar-refractivity contribution in [1.82, 2.24) is 0 Å². The Morgan fingerprint density at radius 3 is 2.84 bits per heavy atom. The Balaban J connectivity index is 2.46. The number of furan rings is 1. The van der Waals surface area contributed by atoms with Crippen molar-refractivity contribution in [1.29, 1.82) is 0 Å². The van der Waals surface area contributed by atoms with Crippen LogP contribution < -0.4 is 9.46 Å². The van der Waals surface area contributed by atoms with Gasteiger partial charge in [0.1, 0.15) is 0 Å². The van der Waals surface area contributed by atoms with Gasteiger partial charge in [-0.05, 0) is 6.42 Å². The van der Waals surface area contributed by atoms with Crippen LogP contribution in [-0.2, 0) is 14.8 Å². The van der Waals surface area contributed by atoms with Crippen LogP contribution in [0.2, 0.25) is 0 Å². The van der Waals surface area contributed by atoms with Gasteiger partial charge in [-0.15, -0.1) is 0 Å². The predicted octanol–water partition coefficient (Wildman–Crippen LogP) is 3.15. The lowest BCUT2D eigenvalue weighted by atomic mass is 10.0. The minimum absolute atomic E-state index is 0.0520. The number of anilines is 1. The fourth-order valence-electron chi connectivity index (χ4n) is 2.08. The van der Waals surface area contributed by atoms with Crippen molar-refractivity contribution in [3.63, 3.8) is 0 Å². The van der Waals surface area contributed by atoms with E-state index in [1.54, 1.807) is 12.2 Å². The summed E-state index contributed by atoms with van der Waals surface area (Å²) in [7, 11) is -3.75. The second-order valence-electron chi connectivity index (χ2n) is 5.13. The van der Waals surface area contributed by atoms with Gasteiger partial charge in [-0.3, -0.25) is 4.79 Å². The summed E-state index contributed by atoms with van der Waals surface area (Å²) in [6.07, 6.45) is 6.06. The van der Waals surface area contributed by atoms with E-state index in [-0.39, 0.29) is 23.1 Å². The minimum atomic E-state index is -3.75. The molecule has 136 valence electrons. The molecule has 1 heterocycles. The molecule has 25 heavy (non-hydrogen) atoms. The number of halogens is 1.